The molecule has 0 aliphatic rings. The first-order valence-corrected chi connectivity index (χ1v) is 10.1. The minimum Gasteiger partial charge on any atom is -0.467 e. The maximum absolute atomic E-state index is 12.7. The molecule has 1 heterocycles. The zero-order valence-corrected chi connectivity index (χ0v) is 18.6. The molecular formula is C19H29N3O12. The molecule has 0 aliphatic heterocycles. The number of hydrogen-bond donors (Lipinski definition) is 5. The van der Waals surface area contributed by atoms with Crippen LogP contribution in [0.1, 0.15) is 13.3 Å². The van der Waals surface area contributed by atoms with Gasteiger partial charge in [0.25, 0.3) is 0 Å². The zero-order chi connectivity index (χ0) is 26.2. The van der Waals surface area contributed by atoms with Crippen LogP contribution in [0.15, 0.2) is 27.0 Å². The smallest absolute Gasteiger partial charge is 0.337 e. The second-order valence-electron chi connectivity index (χ2n) is 7.22. The van der Waals surface area contributed by atoms with Crippen molar-refractivity contribution >= 4 is 11.9 Å². The molecule has 192 valence electrons. The Kier molecular flexibility index (Phi) is 11.0. The number of aromatic nitrogens is 3. The van der Waals surface area contributed by atoms with Gasteiger partial charge in [-0.2, -0.15) is 0 Å². The van der Waals surface area contributed by atoms with Gasteiger partial charge >= 0.3 is 29.0 Å². The molecule has 1 aromatic heterocycles. The van der Waals surface area contributed by atoms with Crippen molar-refractivity contribution in [2.24, 2.45) is 0 Å². The van der Waals surface area contributed by atoms with Crippen LogP contribution >= 0.6 is 0 Å². The van der Waals surface area contributed by atoms with Crippen LogP contribution in [0.2, 0.25) is 0 Å². The summed E-state index contributed by atoms with van der Waals surface area (Å²) in [5, 5.41) is 48.8. The Morgan fingerprint density at radius 2 is 1.35 bits per heavy atom. The third-order valence-corrected chi connectivity index (χ3v) is 4.70. The summed E-state index contributed by atoms with van der Waals surface area (Å²) in [6.45, 7) is 2.74. The van der Waals surface area contributed by atoms with Crippen molar-refractivity contribution in [3.8, 4) is 0 Å². The first-order chi connectivity index (χ1) is 15.9. The normalized spacial score (nSPS) is 15.6. The van der Waals surface area contributed by atoms with E-state index in [1.54, 1.807) is 6.92 Å². The van der Waals surface area contributed by atoms with E-state index >= 15 is 0 Å². The zero-order valence-electron chi connectivity index (χ0n) is 18.6. The van der Waals surface area contributed by atoms with Crippen LogP contribution in [0.4, 0.5) is 0 Å². The number of aliphatic hydroxyl groups excluding tert-OH is 5. The van der Waals surface area contributed by atoms with E-state index in [4.69, 9.17) is 0 Å². The number of carbonyl (C=O) groups is 2. The third kappa shape index (κ3) is 6.94. The lowest BCUT2D eigenvalue weighted by Crippen LogP contribution is -2.56. The van der Waals surface area contributed by atoms with Crippen LogP contribution in [-0.4, -0.2) is 95.4 Å². The fourth-order valence-electron chi connectivity index (χ4n) is 2.72. The summed E-state index contributed by atoms with van der Waals surface area (Å²) in [5.74, 6) is -2.85. The highest BCUT2D eigenvalue weighted by molar-refractivity contribution is 5.79. The molecule has 1 aromatic rings. The van der Waals surface area contributed by atoms with E-state index in [-0.39, 0.29) is 13.0 Å². The van der Waals surface area contributed by atoms with Gasteiger partial charge in [0.1, 0.15) is 18.8 Å². The van der Waals surface area contributed by atoms with Gasteiger partial charge < -0.3 is 35.0 Å². The Morgan fingerprint density at radius 3 is 1.82 bits per heavy atom. The lowest BCUT2D eigenvalue weighted by Gasteiger charge is -2.21. The number of allylic oxidation sites excluding steroid dienone is 1. The molecule has 5 atom stereocenters. The highest BCUT2D eigenvalue weighted by atomic mass is 16.6. The Bertz CT molecular complexity index is 1040. The Balaban J connectivity index is 3.06. The maximum Gasteiger partial charge on any atom is 0.337 e. The molecular weight excluding hydrogens is 462 g/mol. The van der Waals surface area contributed by atoms with Crippen molar-refractivity contribution in [1.29, 1.82) is 0 Å². The fourth-order valence-corrected chi connectivity index (χ4v) is 2.72. The van der Waals surface area contributed by atoms with Crippen molar-refractivity contribution in [2.45, 2.75) is 63.5 Å². The number of aliphatic hydroxyl groups is 5. The summed E-state index contributed by atoms with van der Waals surface area (Å²) in [7, 11) is 0.899. The van der Waals surface area contributed by atoms with Gasteiger partial charge in [-0.15, -0.1) is 6.58 Å². The van der Waals surface area contributed by atoms with Crippen molar-refractivity contribution < 1.29 is 44.6 Å². The summed E-state index contributed by atoms with van der Waals surface area (Å²) in [6.07, 6.45) is -8.24. The topological polar surface area (TPSA) is 220 Å². The van der Waals surface area contributed by atoms with Gasteiger partial charge in [0.15, 0.2) is 12.2 Å². The van der Waals surface area contributed by atoms with Crippen LogP contribution in [-0.2, 0) is 38.7 Å². The standard InChI is InChI=1S/C19H29N3O12/c1-4-6-20-17(30)21(7-10(23)5-2)19(32)22(18(20)31)8-11(24)9-34-16(29)14(27)12(25)13(26)15(28)33-3/h4,10-14,23-27H,1,5-9H2,2-3H3. The number of carbonyl (C=O) groups excluding carboxylic acids is 2. The Labute approximate surface area is 192 Å². The minimum absolute atomic E-state index is 0.212. The van der Waals surface area contributed by atoms with Crippen LogP contribution in [0.5, 0.6) is 0 Å². The van der Waals surface area contributed by atoms with Gasteiger partial charge in [-0.05, 0) is 6.42 Å². The second-order valence-corrected chi connectivity index (χ2v) is 7.22. The van der Waals surface area contributed by atoms with E-state index < -0.39 is 79.2 Å². The molecule has 0 fully saturated rings. The van der Waals surface area contributed by atoms with Crippen LogP contribution in [0.25, 0.3) is 0 Å². The number of methoxy groups -OCH3 is 1. The summed E-state index contributed by atoms with van der Waals surface area (Å²) in [6, 6.07) is 0. The summed E-state index contributed by atoms with van der Waals surface area (Å²) in [5.41, 5.74) is -3.19. The number of rotatable bonds is 13. The summed E-state index contributed by atoms with van der Waals surface area (Å²) in [4.78, 5) is 60.8. The molecule has 34 heavy (non-hydrogen) atoms. The molecule has 0 spiro atoms. The summed E-state index contributed by atoms with van der Waals surface area (Å²) < 4.78 is 10.5. The fraction of sp³-hybridized carbons (Fsp3) is 0.632. The van der Waals surface area contributed by atoms with Crippen LogP contribution in [0.3, 0.4) is 0 Å². The lowest BCUT2D eigenvalue weighted by molar-refractivity contribution is -0.175. The van der Waals surface area contributed by atoms with E-state index in [2.05, 4.69) is 16.1 Å². The molecule has 15 heteroatoms. The number of hydrogen-bond acceptors (Lipinski definition) is 12. The number of ether oxygens (including phenoxy) is 2. The molecule has 0 amide bonds. The highest BCUT2D eigenvalue weighted by Gasteiger charge is 2.36. The van der Waals surface area contributed by atoms with Crippen LogP contribution in [0, 0.1) is 0 Å². The first-order valence-electron chi connectivity index (χ1n) is 10.1. The SMILES string of the molecule is C=CCn1c(=O)n(CC(O)CC)c(=O)n(CC(O)COC(=O)C(O)C(O)C(O)C(=O)OC)c1=O. The predicted octanol–water partition coefficient (Wildman–Crippen LogP) is -4.71. The average Bonchev–Trinajstić information content (AvgIpc) is 2.83. The van der Waals surface area contributed by atoms with E-state index in [9.17, 15) is 49.5 Å². The monoisotopic (exact) mass is 491 g/mol. The molecule has 0 bridgehead atoms. The quantitative estimate of drug-likeness (QED) is 0.130. The molecule has 0 aromatic carbocycles. The maximum atomic E-state index is 12.7. The van der Waals surface area contributed by atoms with Gasteiger partial charge in [-0.25, -0.2) is 37.7 Å². The summed E-state index contributed by atoms with van der Waals surface area (Å²) >= 11 is 0. The van der Waals surface area contributed by atoms with Gasteiger partial charge in [-0.1, -0.05) is 13.0 Å². The van der Waals surface area contributed by atoms with Crippen molar-refractivity contribution in [3.63, 3.8) is 0 Å². The molecule has 15 nitrogen and oxygen atoms in total. The molecule has 5 N–H and O–H groups in total. The number of esters is 2. The number of nitrogens with zero attached hydrogens (tertiary/aromatic N) is 3. The lowest BCUT2D eigenvalue weighted by atomic mass is 10.1. The van der Waals surface area contributed by atoms with Crippen LogP contribution < -0.4 is 17.1 Å². The van der Waals surface area contributed by atoms with E-state index in [1.165, 1.54) is 6.08 Å². The average molecular weight is 491 g/mol. The molecule has 0 saturated heterocycles. The van der Waals surface area contributed by atoms with Crippen molar-refractivity contribution in [1.82, 2.24) is 13.7 Å². The molecule has 0 radical (unpaired) electrons. The second kappa shape index (κ2) is 13.0. The van der Waals surface area contributed by atoms with Gasteiger partial charge in [0.05, 0.1) is 32.8 Å². The van der Waals surface area contributed by atoms with E-state index in [1.807, 2.05) is 0 Å². The molecule has 0 saturated carbocycles. The van der Waals surface area contributed by atoms with Crippen molar-refractivity contribution in [2.75, 3.05) is 13.7 Å². The van der Waals surface area contributed by atoms with E-state index in [0.717, 1.165) is 7.11 Å². The molecule has 1 rings (SSSR count). The molecule has 0 aliphatic carbocycles. The largest absolute Gasteiger partial charge is 0.467 e. The predicted molar refractivity (Wildman–Crippen MR) is 113 cm³/mol. The first kappa shape index (κ1) is 28.9. The third-order valence-electron chi connectivity index (χ3n) is 4.70. The van der Waals surface area contributed by atoms with Gasteiger partial charge in [0, 0.05) is 0 Å². The van der Waals surface area contributed by atoms with Gasteiger partial charge in [-0.3, -0.25) is 0 Å². The van der Waals surface area contributed by atoms with Gasteiger partial charge in [0.2, 0.25) is 0 Å². The van der Waals surface area contributed by atoms with E-state index in [0.29, 0.717) is 13.7 Å². The Morgan fingerprint density at radius 1 is 0.882 bits per heavy atom. The Hall–Kier alpha value is -3.11. The highest BCUT2D eigenvalue weighted by Crippen LogP contribution is 2.05. The minimum atomic E-state index is -2.38. The molecule has 5 unspecified atom stereocenters. The van der Waals surface area contributed by atoms with Crippen molar-refractivity contribution in [3.05, 3.63) is 44.1 Å².